The predicted molar refractivity (Wildman–Crippen MR) is 178 cm³/mol. The predicted octanol–water partition coefficient (Wildman–Crippen LogP) is 7.99. The number of hydrogen-bond donors (Lipinski definition) is 2. The van der Waals surface area contributed by atoms with Gasteiger partial charge in [0.2, 0.25) is 0 Å². The minimum Gasteiger partial charge on any atom is -0.469 e. The van der Waals surface area contributed by atoms with Crippen molar-refractivity contribution >= 4 is 68.4 Å². The first-order valence-electron chi connectivity index (χ1n) is 14.6. The van der Waals surface area contributed by atoms with Crippen molar-refractivity contribution in [3.05, 3.63) is 82.5 Å². The molecule has 226 valence electrons. The Morgan fingerprint density at radius 2 is 1.07 bits per heavy atom. The fourth-order valence-electron chi connectivity index (χ4n) is 5.96. The van der Waals surface area contributed by atoms with Gasteiger partial charge >= 0.3 is 11.9 Å². The van der Waals surface area contributed by atoms with Crippen LogP contribution in [0, 0.1) is 13.8 Å². The Morgan fingerprint density at radius 1 is 0.659 bits per heavy atom. The molecule has 0 saturated carbocycles. The summed E-state index contributed by atoms with van der Waals surface area (Å²) >= 11 is 0. The normalized spacial score (nSPS) is 12.9. The number of aromatic nitrogens is 4. The lowest BCUT2D eigenvalue weighted by molar-refractivity contribution is -0.141. The lowest BCUT2D eigenvalue weighted by Gasteiger charge is -2.05. The van der Waals surface area contributed by atoms with Gasteiger partial charge < -0.3 is 19.4 Å². The number of aryl methyl sites for hydroxylation is 2. The van der Waals surface area contributed by atoms with E-state index in [1.807, 2.05) is 44.2 Å². The van der Waals surface area contributed by atoms with E-state index in [0.717, 1.165) is 89.4 Å². The molecule has 0 aliphatic carbocycles. The first-order valence-corrected chi connectivity index (χ1v) is 14.6. The molecule has 0 radical (unpaired) electrons. The zero-order chi connectivity index (χ0) is 31.7. The zero-order valence-electron chi connectivity index (χ0n) is 26.2. The van der Waals surface area contributed by atoms with Gasteiger partial charge in [-0.3, -0.25) is 9.59 Å². The van der Waals surface area contributed by atoms with Crippen LogP contribution in [-0.2, 0) is 19.1 Å². The van der Waals surface area contributed by atoms with Gasteiger partial charge in [-0.05, 0) is 98.2 Å². The monoisotopic (exact) mass is 590 g/mol. The summed E-state index contributed by atoms with van der Waals surface area (Å²) in [5.41, 5.74) is 14.7. The molecule has 0 spiro atoms. The highest BCUT2D eigenvalue weighted by Gasteiger charge is 2.22. The third-order valence-corrected chi connectivity index (χ3v) is 8.66. The molecule has 2 aliphatic heterocycles. The quantitative estimate of drug-likeness (QED) is 0.257. The van der Waals surface area contributed by atoms with E-state index >= 15 is 0 Å². The molecule has 8 bridgehead atoms. The standard InChI is InChI=1S/C36H38N4O4/c1-9-23-19(3)27-15-28-21(5)25(11-13-35(41)43-7)33(39-28)17-30-22(6)26(12-14-36(42)44-8)34(40-30)18-32-24(10-2)20(4)29(38-32)16-31(23)37-27/h9-10,15-18,37-38H,1-2,11-14H2,3-8H3. The van der Waals surface area contributed by atoms with Gasteiger partial charge in [-0.1, -0.05) is 25.3 Å². The molecule has 5 heterocycles. The summed E-state index contributed by atoms with van der Waals surface area (Å²) < 4.78 is 9.87. The summed E-state index contributed by atoms with van der Waals surface area (Å²) in [5, 5.41) is 0. The second kappa shape index (κ2) is 12.3. The van der Waals surface area contributed by atoms with E-state index in [9.17, 15) is 9.59 Å². The summed E-state index contributed by atoms with van der Waals surface area (Å²) in [6, 6.07) is 8.14. The third-order valence-electron chi connectivity index (χ3n) is 8.66. The number of methoxy groups -OCH3 is 2. The van der Waals surface area contributed by atoms with Gasteiger partial charge in [0, 0.05) is 46.0 Å². The largest absolute Gasteiger partial charge is 0.469 e. The number of aromatic amines is 2. The maximum atomic E-state index is 12.1. The van der Waals surface area contributed by atoms with Crippen molar-refractivity contribution in [3.63, 3.8) is 0 Å². The molecule has 3 aromatic heterocycles. The number of carbonyl (C=O) groups is 2. The molecule has 8 heteroatoms. The van der Waals surface area contributed by atoms with Crippen molar-refractivity contribution in [2.75, 3.05) is 14.2 Å². The van der Waals surface area contributed by atoms with Crippen LogP contribution >= 0.6 is 0 Å². The van der Waals surface area contributed by atoms with E-state index in [2.05, 4.69) is 43.0 Å². The molecule has 0 amide bonds. The minimum atomic E-state index is -0.281. The van der Waals surface area contributed by atoms with Crippen LogP contribution in [0.15, 0.2) is 37.4 Å². The molecule has 0 aromatic carbocycles. The highest BCUT2D eigenvalue weighted by Crippen LogP contribution is 2.38. The number of esters is 2. The Labute approximate surface area is 257 Å². The molecule has 44 heavy (non-hydrogen) atoms. The van der Waals surface area contributed by atoms with E-state index < -0.39 is 0 Å². The summed E-state index contributed by atoms with van der Waals surface area (Å²) in [4.78, 5) is 41.6. The second-order valence-corrected chi connectivity index (χ2v) is 11.1. The SMILES string of the molecule is C=Cc1c(C)c2cc3[nH]c(cc4nc(cc5nc(cc1[nH]2)C(CCC(=O)OC)=C5C)C(CCC(=O)OC)=C4C)c(C)c3C=C. The number of nitrogens with zero attached hydrogens (tertiary/aromatic N) is 2. The molecule has 0 fully saturated rings. The van der Waals surface area contributed by atoms with Gasteiger partial charge in [0.05, 0.1) is 37.0 Å². The highest BCUT2D eigenvalue weighted by atomic mass is 16.5. The Balaban J connectivity index is 1.89. The summed E-state index contributed by atoms with van der Waals surface area (Å²) in [5.74, 6) is -0.559. The third kappa shape index (κ3) is 5.55. The van der Waals surface area contributed by atoms with Gasteiger partial charge in [-0.2, -0.15) is 0 Å². The Kier molecular flexibility index (Phi) is 8.54. The van der Waals surface area contributed by atoms with Crippen molar-refractivity contribution in [2.24, 2.45) is 0 Å². The summed E-state index contributed by atoms with van der Waals surface area (Å²) in [6.45, 7) is 16.3. The molecule has 0 atom stereocenters. The van der Waals surface area contributed by atoms with E-state index in [4.69, 9.17) is 19.4 Å². The molecule has 0 saturated heterocycles. The van der Waals surface area contributed by atoms with Gasteiger partial charge in [0.25, 0.3) is 0 Å². The molecule has 2 N–H and O–H groups in total. The van der Waals surface area contributed by atoms with Crippen LogP contribution in [0.2, 0.25) is 0 Å². The average molecular weight is 591 g/mol. The fraction of sp³-hybridized carbons (Fsp3) is 0.278. The van der Waals surface area contributed by atoms with Gasteiger partial charge in [-0.25, -0.2) is 9.97 Å². The molecular weight excluding hydrogens is 552 g/mol. The van der Waals surface area contributed by atoms with Crippen LogP contribution in [0.25, 0.3) is 56.5 Å². The number of nitrogens with one attached hydrogen (secondary N) is 2. The molecule has 2 aliphatic rings. The fourth-order valence-corrected chi connectivity index (χ4v) is 5.96. The van der Waals surface area contributed by atoms with Crippen LogP contribution in [-0.4, -0.2) is 46.1 Å². The zero-order valence-corrected chi connectivity index (χ0v) is 26.2. The summed E-state index contributed by atoms with van der Waals surface area (Å²) in [7, 11) is 2.79. The maximum Gasteiger partial charge on any atom is 0.305 e. The van der Waals surface area contributed by atoms with Gasteiger partial charge in [-0.15, -0.1) is 0 Å². The number of allylic oxidation sites excluding steroid dienone is 4. The average Bonchev–Trinajstić information content (AvgIpc) is 3.67. The number of rotatable bonds is 8. The summed E-state index contributed by atoms with van der Waals surface area (Å²) in [6.07, 6.45) is 5.13. The van der Waals surface area contributed by atoms with Gasteiger partial charge in [0.1, 0.15) is 0 Å². The van der Waals surface area contributed by atoms with Crippen LogP contribution < -0.4 is 0 Å². The minimum absolute atomic E-state index is 0.232. The van der Waals surface area contributed by atoms with E-state index in [1.165, 1.54) is 14.2 Å². The first kappa shape index (κ1) is 30.5. The van der Waals surface area contributed by atoms with E-state index in [-0.39, 0.29) is 24.8 Å². The lowest BCUT2D eigenvalue weighted by atomic mass is 9.99. The lowest BCUT2D eigenvalue weighted by Crippen LogP contribution is -2.00. The number of fused-ring (bicyclic) bond motifs is 8. The molecule has 5 rings (SSSR count). The first-order chi connectivity index (χ1) is 21.1. The number of carbonyl (C=O) groups excluding carboxylic acids is 2. The van der Waals surface area contributed by atoms with Crippen molar-refractivity contribution < 1.29 is 19.1 Å². The van der Waals surface area contributed by atoms with E-state index in [0.29, 0.717) is 12.8 Å². The van der Waals surface area contributed by atoms with Crippen molar-refractivity contribution in [3.8, 4) is 0 Å². The van der Waals surface area contributed by atoms with E-state index in [1.54, 1.807) is 0 Å². The number of ether oxygens (including phenoxy) is 2. The topological polar surface area (TPSA) is 110 Å². The Bertz CT molecular complexity index is 1950. The molecular formula is C36H38N4O4. The molecule has 0 unspecified atom stereocenters. The Hall–Kier alpha value is -4.98. The van der Waals surface area contributed by atoms with Gasteiger partial charge in [0.15, 0.2) is 0 Å². The molecule has 3 aromatic rings. The molecule has 8 nitrogen and oxygen atoms in total. The highest BCUT2D eigenvalue weighted by molar-refractivity contribution is 5.97. The van der Waals surface area contributed by atoms with Crippen LogP contribution in [0.5, 0.6) is 0 Å². The van der Waals surface area contributed by atoms with Crippen LogP contribution in [0.4, 0.5) is 0 Å². The van der Waals surface area contributed by atoms with Crippen molar-refractivity contribution in [1.82, 2.24) is 19.9 Å². The maximum absolute atomic E-state index is 12.1. The number of H-pyrrole nitrogens is 2. The van der Waals surface area contributed by atoms with Crippen LogP contribution in [0.3, 0.4) is 0 Å². The number of hydrogen-bond acceptors (Lipinski definition) is 6. The van der Waals surface area contributed by atoms with Crippen molar-refractivity contribution in [2.45, 2.75) is 53.4 Å². The van der Waals surface area contributed by atoms with Crippen LogP contribution in [0.1, 0.15) is 84.6 Å². The Morgan fingerprint density at radius 3 is 1.55 bits per heavy atom. The van der Waals surface area contributed by atoms with Crippen molar-refractivity contribution in [1.29, 1.82) is 0 Å². The second-order valence-electron chi connectivity index (χ2n) is 11.1. The smallest absolute Gasteiger partial charge is 0.305 e.